The maximum absolute atomic E-state index is 12.4. The van der Waals surface area contributed by atoms with E-state index in [-0.39, 0.29) is 11.8 Å². The normalized spacial score (nSPS) is 17.5. The fraction of sp³-hybridized carbons (Fsp3) is 0.286. The van der Waals surface area contributed by atoms with E-state index in [2.05, 4.69) is 31.2 Å². The number of aliphatic hydroxyl groups excluding tert-OH is 1. The van der Waals surface area contributed by atoms with E-state index in [0.29, 0.717) is 6.54 Å². The minimum atomic E-state index is -0.799. The van der Waals surface area contributed by atoms with Crippen molar-refractivity contribution in [2.75, 3.05) is 6.54 Å². The van der Waals surface area contributed by atoms with Gasteiger partial charge >= 0.3 is 0 Å². The SMILES string of the molecule is CCCC1=CC(=O)N(CC(c2ccccc2)c2ccccc2)C1O. The molecular formula is C21H23NO2. The Labute approximate surface area is 143 Å². The van der Waals surface area contributed by atoms with E-state index < -0.39 is 6.23 Å². The van der Waals surface area contributed by atoms with Crippen LogP contribution in [0.15, 0.2) is 72.3 Å². The van der Waals surface area contributed by atoms with Crippen molar-refractivity contribution < 1.29 is 9.90 Å². The maximum atomic E-state index is 12.4. The highest BCUT2D eigenvalue weighted by atomic mass is 16.3. The van der Waals surface area contributed by atoms with E-state index in [1.54, 1.807) is 11.0 Å². The average molecular weight is 321 g/mol. The lowest BCUT2D eigenvalue weighted by Crippen LogP contribution is -2.38. The van der Waals surface area contributed by atoms with Gasteiger partial charge in [0.25, 0.3) is 0 Å². The number of benzene rings is 2. The molecule has 0 fully saturated rings. The van der Waals surface area contributed by atoms with Crippen molar-refractivity contribution in [1.82, 2.24) is 4.90 Å². The van der Waals surface area contributed by atoms with Crippen LogP contribution in [0.3, 0.4) is 0 Å². The Bertz CT molecular complexity index is 670. The van der Waals surface area contributed by atoms with Gasteiger partial charge in [-0.15, -0.1) is 0 Å². The highest BCUT2D eigenvalue weighted by molar-refractivity contribution is 5.91. The molecule has 3 rings (SSSR count). The topological polar surface area (TPSA) is 40.5 Å². The maximum Gasteiger partial charge on any atom is 0.248 e. The lowest BCUT2D eigenvalue weighted by Gasteiger charge is -2.28. The highest BCUT2D eigenvalue weighted by Gasteiger charge is 2.32. The molecule has 1 N–H and O–H groups in total. The fourth-order valence-corrected chi connectivity index (χ4v) is 3.29. The zero-order valence-corrected chi connectivity index (χ0v) is 13.9. The van der Waals surface area contributed by atoms with Crippen LogP contribution in [0.4, 0.5) is 0 Å². The van der Waals surface area contributed by atoms with Crippen LogP contribution in [0, 0.1) is 0 Å². The largest absolute Gasteiger partial charge is 0.369 e. The molecule has 1 amide bonds. The predicted molar refractivity (Wildman–Crippen MR) is 95.4 cm³/mol. The summed E-state index contributed by atoms with van der Waals surface area (Å²) in [5.74, 6) is -0.0526. The summed E-state index contributed by atoms with van der Waals surface area (Å²) in [5, 5.41) is 10.5. The third kappa shape index (κ3) is 3.41. The van der Waals surface area contributed by atoms with Crippen LogP contribution < -0.4 is 0 Å². The molecule has 3 nitrogen and oxygen atoms in total. The molecule has 0 aliphatic carbocycles. The molecule has 0 bridgehead atoms. The van der Waals surface area contributed by atoms with Gasteiger partial charge in [-0.25, -0.2) is 0 Å². The molecule has 0 saturated heterocycles. The Morgan fingerprint density at radius 3 is 2.04 bits per heavy atom. The van der Waals surface area contributed by atoms with Crippen molar-refractivity contribution >= 4 is 5.91 Å². The summed E-state index contributed by atoms with van der Waals surface area (Å²) in [6.07, 6.45) is 2.48. The van der Waals surface area contributed by atoms with Gasteiger partial charge in [0.05, 0.1) is 0 Å². The van der Waals surface area contributed by atoms with Gasteiger partial charge in [-0.3, -0.25) is 4.79 Å². The Morgan fingerprint density at radius 2 is 1.54 bits per heavy atom. The second-order valence-electron chi connectivity index (χ2n) is 6.21. The molecule has 3 heteroatoms. The molecule has 124 valence electrons. The molecule has 0 aromatic heterocycles. The zero-order valence-electron chi connectivity index (χ0n) is 13.9. The van der Waals surface area contributed by atoms with E-state index in [0.717, 1.165) is 29.5 Å². The van der Waals surface area contributed by atoms with Gasteiger partial charge in [-0.2, -0.15) is 0 Å². The first-order valence-electron chi connectivity index (χ1n) is 8.49. The summed E-state index contributed by atoms with van der Waals surface area (Å²) in [6, 6.07) is 20.3. The van der Waals surface area contributed by atoms with Crippen molar-refractivity contribution in [3.8, 4) is 0 Å². The molecule has 0 spiro atoms. The molecular weight excluding hydrogens is 298 g/mol. The van der Waals surface area contributed by atoms with Gasteiger partial charge < -0.3 is 10.0 Å². The van der Waals surface area contributed by atoms with Crippen LogP contribution in [-0.4, -0.2) is 28.7 Å². The Hall–Kier alpha value is -2.39. The van der Waals surface area contributed by atoms with E-state index in [1.165, 1.54) is 0 Å². The smallest absolute Gasteiger partial charge is 0.248 e. The summed E-state index contributed by atoms with van der Waals surface area (Å²) in [4.78, 5) is 13.9. The summed E-state index contributed by atoms with van der Waals surface area (Å²) in [5.41, 5.74) is 3.11. The first kappa shape index (κ1) is 16.5. The van der Waals surface area contributed by atoms with Crippen molar-refractivity contribution in [2.45, 2.75) is 31.9 Å². The number of hydrogen-bond acceptors (Lipinski definition) is 2. The van der Waals surface area contributed by atoms with Crippen LogP contribution in [0.1, 0.15) is 36.8 Å². The Balaban J connectivity index is 1.87. The molecule has 1 unspecified atom stereocenters. The van der Waals surface area contributed by atoms with Crippen LogP contribution in [0.5, 0.6) is 0 Å². The van der Waals surface area contributed by atoms with Gasteiger partial charge in [0.1, 0.15) is 0 Å². The van der Waals surface area contributed by atoms with Crippen molar-refractivity contribution in [1.29, 1.82) is 0 Å². The van der Waals surface area contributed by atoms with Gasteiger partial charge in [-0.05, 0) is 23.1 Å². The summed E-state index contributed by atoms with van der Waals surface area (Å²) >= 11 is 0. The van der Waals surface area contributed by atoms with Crippen LogP contribution in [0.2, 0.25) is 0 Å². The molecule has 1 atom stereocenters. The second kappa shape index (κ2) is 7.45. The molecule has 2 aromatic rings. The van der Waals surface area contributed by atoms with Crippen LogP contribution in [0.25, 0.3) is 0 Å². The third-order valence-corrected chi connectivity index (χ3v) is 4.54. The van der Waals surface area contributed by atoms with Gasteiger partial charge in [0.2, 0.25) is 5.91 Å². The number of amides is 1. The minimum absolute atomic E-state index is 0.0420. The number of carbonyl (C=O) groups is 1. The highest BCUT2D eigenvalue weighted by Crippen LogP contribution is 2.30. The molecule has 0 radical (unpaired) electrons. The van der Waals surface area contributed by atoms with Gasteiger partial charge in [0.15, 0.2) is 6.23 Å². The van der Waals surface area contributed by atoms with Crippen LogP contribution in [-0.2, 0) is 4.79 Å². The number of nitrogens with zero attached hydrogens (tertiary/aromatic N) is 1. The van der Waals surface area contributed by atoms with E-state index >= 15 is 0 Å². The predicted octanol–water partition coefficient (Wildman–Crippen LogP) is 3.71. The summed E-state index contributed by atoms with van der Waals surface area (Å²) in [6.45, 7) is 2.52. The first-order chi connectivity index (χ1) is 11.7. The van der Waals surface area contributed by atoms with E-state index in [4.69, 9.17) is 0 Å². The Kier molecular flexibility index (Phi) is 5.11. The molecule has 0 saturated carbocycles. The summed E-state index contributed by atoms with van der Waals surface area (Å²) in [7, 11) is 0. The fourth-order valence-electron chi connectivity index (χ4n) is 3.29. The molecule has 24 heavy (non-hydrogen) atoms. The number of aliphatic hydroxyl groups is 1. The zero-order chi connectivity index (χ0) is 16.9. The van der Waals surface area contributed by atoms with Crippen molar-refractivity contribution in [3.05, 3.63) is 83.4 Å². The minimum Gasteiger partial charge on any atom is -0.369 e. The van der Waals surface area contributed by atoms with E-state index in [1.807, 2.05) is 36.4 Å². The van der Waals surface area contributed by atoms with Crippen molar-refractivity contribution in [2.24, 2.45) is 0 Å². The molecule has 1 heterocycles. The van der Waals surface area contributed by atoms with Gasteiger partial charge in [-0.1, -0.05) is 74.0 Å². The Morgan fingerprint density at radius 1 is 1.00 bits per heavy atom. The van der Waals surface area contributed by atoms with Crippen LogP contribution >= 0.6 is 0 Å². The quantitative estimate of drug-likeness (QED) is 0.881. The van der Waals surface area contributed by atoms with E-state index in [9.17, 15) is 9.90 Å². The lowest BCUT2D eigenvalue weighted by molar-refractivity contribution is -0.131. The van der Waals surface area contributed by atoms with Gasteiger partial charge in [0, 0.05) is 18.5 Å². The number of hydrogen-bond donors (Lipinski definition) is 1. The number of carbonyl (C=O) groups excluding carboxylic acids is 1. The molecule has 2 aromatic carbocycles. The van der Waals surface area contributed by atoms with Crippen molar-refractivity contribution in [3.63, 3.8) is 0 Å². The second-order valence-corrected chi connectivity index (χ2v) is 6.21. The average Bonchev–Trinajstić information content (AvgIpc) is 2.88. The number of rotatable bonds is 6. The summed E-state index contributed by atoms with van der Waals surface area (Å²) < 4.78 is 0. The standard InChI is InChI=1S/C21H23NO2/c1-2-9-18-14-20(23)22(21(18)24)15-19(16-10-5-3-6-11-16)17-12-7-4-8-13-17/h3-8,10-14,19,21,24H,2,9,15H2,1H3. The molecule has 1 aliphatic rings. The monoisotopic (exact) mass is 321 g/mol. The lowest BCUT2D eigenvalue weighted by atomic mass is 9.90. The first-order valence-corrected chi connectivity index (χ1v) is 8.49. The third-order valence-electron chi connectivity index (χ3n) is 4.54. The molecule has 1 aliphatic heterocycles.